The molecule has 0 spiro atoms. The Hall–Kier alpha value is -1.73. The zero-order valence-corrected chi connectivity index (χ0v) is 14.7. The maximum absolute atomic E-state index is 12.6. The number of hydrogen-bond donors (Lipinski definition) is 1. The lowest BCUT2D eigenvalue weighted by Crippen LogP contribution is -2.46. The minimum atomic E-state index is -0.149. The molecular formula is C17H23N3O3S. The lowest BCUT2D eigenvalue weighted by Gasteiger charge is -2.31. The van der Waals surface area contributed by atoms with E-state index in [1.165, 1.54) is 0 Å². The number of carbonyl (C=O) groups is 2. The normalized spacial score (nSPS) is 21.5. The molecule has 1 atom stereocenters. The van der Waals surface area contributed by atoms with Crippen molar-refractivity contribution in [3.63, 3.8) is 0 Å². The summed E-state index contributed by atoms with van der Waals surface area (Å²) in [6.45, 7) is 5.24. The Morgan fingerprint density at radius 3 is 2.75 bits per heavy atom. The summed E-state index contributed by atoms with van der Waals surface area (Å²) in [7, 11) is 0. The molecule has 130 valence electrons. The maximum atomic E-state index is 12.6. The molecule has 0 aliphatic carbocycles. The highest BCUT2D eigenvalue weighted by molar-refractivity contribution is 7.99. The van der Waals surface area contributed by atoms with E-state index in [9.17, 15) is 9.59 Å². The Morgan fingerprint density at radius 2 is 2.00 bits per heavy atom. The summed E-state index contributed by atoms with van der Waals surface area (Å²) in [5.41, 5.74) is 1.27. The zero-order chi connectivity index (χ0) is 16.9. The Bertz CT molecular complexity index is 604. The van der Waals surface area contributed by atoms with Gasteiger partial charge < -0.3 is 19.9 Å². The number of amides is 3. The lowest BCUT2D eigenvalue weighted by atomic mass is 10.1. The molecule has 1 unspecified atom stereocenters. The van der Waals surface area contributed by atoms with Crippen molar-refractivity contribution in [1.29, 1.82) is 0 Å². The number of nitrogens with zero attached hydrogens (tertiary/aromatic N) is 2. The first-order chi connectivity index (χ1) is 11.6. The Kier molecular flexibility index (Phi) is 5.63. The van der Waals surface area contributed by atoms with E-state index < -0.39 is 0 Å². The number of urea groups is 1. The highest BCUT2D eigenvalue weighted by Crippen LogP contribution is 2.17. The monoisotopic (exact) mass is 349 g/mol. The van der Waals surface area contributed by atoms with Gasteiger partial charge in [-0.15, -0.1) is 0 Å². The molecule has 0 radical (unpaired) electrons. The number of morpholine rings is 1. The lowest BCUT2D eigenvalue weighted by molar-refractivity contribution is -0.00138. The summed E-state index contributed by atoms with van der Waals surface area (Å²) in [5.74, 6) is 2.00. The van der Waals surface area contributed by atoms with E-state index in [2.05, 4.69) is 5.32 Å². The van der Waals surface area contributed by atoms with Gasteiger partial charge in [-0.25, -0.2) is 4.79 Å². The minimum Gasteiger partial charge on any atom is -0.375 e. The summed E-state index contributed by atoms with van der Waals surface area (Å²) in [6, 6.07) is 7.03. The smallest absolute Gasteiger partial charge is 0.322 e. The second-order valence-electron chi connectivity index (χ2n) is 6.04. The zero-order valence-electron chi connectivity index (χ0n) is 13.9. The average Bonchev–Trinajstić information content (AvgIpc) is 2.62. The number of nitrogens with one attached hydrogen (secondary N) is 1. The summed E-state index contributed by atoms with van der Waals surface area (Å²) in [4.78, 5) is 28.5. The molecule has 3 rings (SSSR count). The van der Waals surface area contributed by atoms with Crippen molar-refractivity contribution < 1.29 is 14.3 Å². The van der Waals surface area contributed by atoms with Crippen LogP contribution < -0.4 is 5.32 Å². The summed E-state index contributed by atoms with van der Waals surface area (Å²) in [6.07, 6.45) is 0.0504. The number of carbonyl (C=O) groups excluding carboxylic acids is 2. The molecule has 2 saturated heterocycles. The van der Waals surface area contributed by atoms with Crippen molar-refractivity contribution in [2.75, 3.05) is 49.6 Å². The van der Waals surface area contributed by atoms with Crippen LogP contribution in [0.2, 0.25) is 0 Å². The van der Waals surface area contributed by atoms with Crippen molar-refractivity contribution in [3.8, 4) is 0 Å². The van der Waals surface area contributed by atoms with Gasteiger partial charge in [0.15, 0.2) is 0 Å². The Balaban J connectivity index is 1.64. The second kappa shape index (κ2) is 7.90. The van der Waals surface area contributed by atoms with Crippen molar-refractivity contribution >= 4 is 29.4 Å². The van der Waals surface area contributed by atoms with Gasteiger partial charge in [-0.1, -0.05) is 6.07 Å². The van der Waals surface area contributed by atoms with Gasteiger partial charge in [-0.3, -0.25) is 4.79 Å². The van der Waals surface area contributed by atoms with Gasteiger partial charge in [-0.05, 0) is 25.1 Å². The summed E-state index contributed by atoms with van der Waals surface area (Å²) in [5, 5.41) is 2.89. The predicted molar refractivity (Wildman–Crippen MR) is 95.7 cm³/mol. The molecule has 3 amide bonds. The van der Waals surface area contributed by atoms with E-state index in [1.807, 2.05) is 35.7 Å². The molecule has 0 aromatic heterocycles. The third-order valence-corrected chi connectivity index (χ3v) is 5.13. The molecule has 1 aromatic rings. The average molecular weight is 349 g/mol. The van der Waals surface area contributed by atoms with Crippen LogP contribution in [0.3, 0.4) is 0 Å². The fourth-order valence-electron chi connectivity index (χ4n) is 2.88. The molecule has 6 nitrogen and oxygen atoms in total. The van der Waals surface area contributed by atoms with Crippen molar-refractivity contribution in [2.45, 2.75) is 13.0 Å². The first-order valence-corrected chi connectivity index (χ1v) is 9.43. The van der Waals surface area contributed by atoms with Crippen LogP contribution in [0.1, 0.15) is 17.3 Å². The van der Waals surface area contributed by atoms with Crippen molar-refractivity contribution in [2.24, 2.45) is 0 Å². The molecule has 0 saturated carbocycles. The minimum absolute atomic E-state index is 0.0337. The van der Waals surface area contributed by atoms with Crippen LogP contribution in [0.15, 0.2) is 24.3 Å². The largest absolute Gasteiger partial charge is 0.375 e. The predicted octanol–water partition coefficient (Wildman–Crippen LogP) is 2.13. The first-order valence-electron chi connectivity index (χ1n) is 8.28. The van der Waals surface area contributed by atoms with E-state index in [4.69, 9.17) is 4.74 Å². The van der Waals surface area contributed by atoms with Crippen LogP contribution in [-0.2, 0) is 4.74 Å². The molecule has 1 aromatic carbocycles. The highest BCUT2D eigenvalue weighted by Gasteiger charge is 2.22. The van der Waals surface area contributed by atoms with Crippen LogP contribution in [0.5, 0.6) is 0 Å². The van der Waals surface area contributed by atoms with Crippen molar-refractivity contribution in [1.82, 2.24) is 9.80 Å². The van der Waals surface area contributed by atoms with Crippen LogP contribution in [0.4, 0.5) is 10.5 Å². The number of thioether (sulfide) groups is 1. The molecular weight excluding hydrogens is 326 g/mol. The van der Waals surface area contributed by atoms with E-state index in [0.29, 0.717) is 30.9 Å². The third-order valence-electron chi connectivity index (χ3n) is 4.19. The summed E-state index contributed by atoms with van der Waals surface area (Å²) < 4.78 is 5.45. The maximum Gasteiger partial charge on any atom is 0.322 e. The Labute approximate surface area is 146 Å². The van der Waals surface area contributed by atoms with Crippen LogP contribution in [0.25, 0.3) is 0 Å². The molecule has 1 N–H and O–H groups in total. The molecule has 0 bridgehead atoms. The summed E-state index contributed by atoms with van der Waals surface area (Å²) >= 11 is 1.87. The molecule has 7 heteroatoms. The SMILES string of the molecule is CC1CN(C(=O)Nc2cccc(C(=O)N3CCSCC3)c2)CCO1. The van der Waals surface area contributed by atoms with Gasteiger partial charge in [0.2, 0.25) is 0 Å². The first kappa shape index (κ1) is 17.1. The number of anilines is 1. The topological polar surface area (TPSA) is 61.9 Å². The number of ether oxygens (including phenoxy) is 1. The molecule has 2 heterocycles. The fraction of sp³-hybridized carbons (Fsp3) is 0.529. The van der Waals surface area contributed by atoms with Crippen LogP contribution in [-0.4, -0.2) is 72.1 Å². The van der Waals surface area contributed by atoms with Gasteiger partial charge in [-0.2, -0.15) is 11.8 Å². The van der Waals surface area contributed by atoms with Gasteiger partial charge in [0.1, 0.15) is 0 Å². The highest BCUT2D eigenvalue weighted by atomic mass is 32.2. The van der Waals surface area contributed by atoms with Gasteiger partial charge in [0.05, 0.1) is 12.7 Å². The number of rotatable bonds is 2. The molecule has 2 aliphatic heterocycles. The molecule has 2 fully saturated rings. The molecule has 2 aliphatic rings. The number of hydrogen-bond acceptors (Lipinski definition) is 4. The van der Waals surface area contributed by atoms with Gasteiger partial charge >= 0.3 is 6.03 Å². The molecule has 24 heavy (non-hydrogen) atoms. The third kappa shape index (κ3) is 4.21. The quantitative estimate of drug-likeness (QED) is 0.888. The second-order valence-corrected chi connectivity index (χ2v) is 7.27. The Morgan fingerprint density at radius 1 is 1.21 bits per heavy atom. The van der Waals surface area contributed by atoms with E-state index in [0.717, 1.165) is 24.6 Å². The van der Waals surface area contributed by atoms with Gasteiger partial charge in [0, 0.05) is 48.9 Å². The van der Waals surface area contributed by atoms with E-state index >= 15 is 0 Å². The van der Waals surface area contributed by atoms with E-state index in [1.54, 1.807) is 17.0 Å². The van der Waals surface area contributed by atoms with Crippen LogP contribution in [0, 0.1) is 0 Å². The number of benzene rings is 1. The van der Waals surface area contributed by atoms with Crippen LogP contribution >= 0.6 is 11.8 Å². The van der Waals surface area contributed by atoms with Gasteiger partial charge in [0.25, 0.3) is 5.91 Å². The standard InChI is InChI=1S/C17H23N3O3S/c1-13-12-20(5-8-23-13)17(22)18-15-4-2-3-14(11-15)16(21)19-6-9-24-10-7-19/h2-4,11,13H,5-10,12H2,1H3,(H,18,22). The van der Waals surface area contributed by atoms with Crippen molar-refractivity contribution in [3.05, 3.63) is 29.8 Å². The van der Waals surface area contributed by atoms with E-state index in [-0.39, 0.29) is 18.0 Å². The fourth-order valence-corrected chi connectivity index (χ4v) is 3.79.